The number of aryl methyl sites for hydroxylation is 1. The molecular formula is C24H27N3O5. The average Bonchev–Trinajstić information content (AvgIpc) is 2.82. The topological polar surface area (TPSA) is 98.8 Å². The lowest BCUT2D eigenvalue weighted by atomic mass is 9.83. The molecule has 1 unspecified atom stereocenters. The number of rotatable bonds is 5. The summed E-state index contributed by atoms with van der Waals surface area (Å²) in [5.74, 6) is 1.69. The molecule has 1 saturated heterocycles. The highest BCUT2D eigenvalue weighted by Crippen LogP contribution is 2.35. The van der Waals surface area contributed by atoms with Crippen molar-refractivity contribution in [2.24, 2.45) is 5.92 Å². The van der Waals surface area contributed by atoms with Crippen LogP contribution in [0.5, 0.6) is 11.5 Å². The number of benzene rings is 1. The predicted molar refractivity (Wildman–Crippen MR) is 116 cm³/mol. The predicted octanol–water partition coefficient (Wildman–Crippen LogP) is 3.44. The van der Waals surface area contributed by atoms with Crippen molar-refractivity contribution >= 4 is 17.6 Å². The van der Waals surface area contributed by atoms with Crippen molar-refractivity contribution in [3.63, 3.8) is 0 Å². The van der Waals surface area contributed by atoms with Crippen LogP contribution in [0.25, 0.3) is 0 Å². The van der Waals surface area contributed by atoms with E-state index in [0.29, 0.717) is 43.2 Å². The van der Waals surface area contributed by atoms with Crippen LogP contribution < -0.4 is 15.5 Å². The number of amides is 2. The van der Waals surface area contributed by atoms with E-state index in [9.17, 15) is 9.59 Å². The Morgan fingerprint density at radius 3 is 2.94 bits per heavy atom. The van der Waals surface area contributed by atoms with E-state index < -0.39 is 0 Å². The Morgan fingerprint density at radius 1 is 1.12 bits per heavy atom. The third kappa shape index (κ3) is 4.61. The first-order valence-corrected chi connectivity index (χ1v) is 11.3. The summed E-state index contributed by atoms with van der Waals surface area (Å²) in [6.07, 6.45) is 7.45. The van der Waals surface area contributed by atoms with Gasteiger partial charge in [-0.1, -0.05) is 6.07 Å². The first-order valence-electron chi connectivity index (χ1n) is 11.3. The average molecular weight is 437 g/mol. The van der Waals surface area contributed by atoms with Crippen LogP contribution in [0.1, 0.15) is 48.8 Å². The Kier molecular flexibility index (Phi) is 6.05. The Morgan fingerprint density at radius 2 is 2.06 bits per heavy atom. The van der Waals surface area contributed by atoms with E-state index in [1.54, 1.807) is 6.20 Å². The number of ether oxygens (including phenoxy) is 2. The molecular weight excluding hydrogens is 410 g/mol. The van der Waals surface area contributed by atoms with Crippen molar-refractivity contribution in [3.05, 3.63) is 47.2 Å². The van der Waals surface area contributed by atoms with E-state index in [2.05, 4.69) is 21.8 Å². The second-order valence-corrected chi connectivity index (χ2v) is 8.54. The van der Waals surface area contributed by atoms with Gasteiger partial charge in [-0.25, -0.2) is 15.3 Å². The van der Waals surface area contributed by atoms with E-state index in [1.165, 1.54) is 5.56 Å². The van der Waals surface area contributed by atoms with E-state index in [1.807, 2.05) is 18.2 Å². The zero-order valence-electron chi connectivity index (χ0n) is 17.9. The molecule has 0 bridgehead atoms. The van der Waals surface area contributed by atoms with Crippen LogP contribution in [0, 0.1) is 5.92 Å². The van der Waals surface area contributed by atoms with E-state index in [4.69, 9.17) is 14.3 Å². The molecule has 8 nitrogen and oxygen atoms in total. The molecule has 1 aromatic heterocycles. The van der Waals surface area contributed by atoms with Gasteiger partial charge in [0, 0.05) is 37.1 Å². The minimum Gasteiger partial charge on any atom is -0.457 e. The molecule has 3 heterocycles. The molecule has 1 aromatic carbocycles. The summed E-state index contributed by atoms with van der Waals surface area (Å²) >= 11 is 0. The molecule has 2 aromatic rings. The van der Waals surface area contributed by atoms with Gasteiger partial charge in [-0.15, -0.1) is 0 Å². The number of aromatic nitrogens is 1. The van der Waals surface area contributed by atoms with Crippen LogP contribution in [0.15, 0.2) is 30.5 Å². The van der Waals surface area contributed by atoms with Gasteiger partial charge in [0.15, 0.2) is 6.29 Å². The van der Waals surface area contributed by atoms with Crippen LogP contribution in [-0.4, -0.2) is 29.7 Å². The van der Waals surface area contributed by atoms with Gasteiger partial charge in [0.05, 0.1) is 0 Å². The maximum atomic E-state index is 12.6. The molecule has 3 aliphatic rings. The third-order valence-electron chi connectivity index (χ3n) is 6.31. The van der Waals surface area contributed by atoms with Crippen molar-refractivity contribution in [1.82, 2.24) is 10.5 Å². The lowest BCUT2D eigenvalue weighted by Crippen LogP contribution is -2.38. The Labute approximate surface area is 186 Å². The number of anilines is 1. The highest BCUT2D eigenvalue weighted by Gasteiger charge is 2.27. The first-order chi connectivity index (χ1) is 15.7. The van der Waals surface area contributed by atoms with Crippen LogP contribution in [0.4, 0.5) is 5.82 Å². The van der Waals surface area contributed by atoms with E-state index >= 15 is 0 Å². The minimum absolute atomic E-state index is 0.0284. The number of nitrogens with zero attached hydrogens (tertiary/aromatic N) is 1. The second kappa shape index (κ2) is 9.26. The number of hydroxylamine groups is 1. The van der Waals surface area contributed by atoms with Crippen LogP contribution in [-0.2, 0) is 38.4 Å². The van der Waals surface area contributed by atoms with Gasteiger partial charge in [-0.2, -0.15) is 0 Å². The summed E-state index contributed by atoms with van der Waals surface area (Å²) in [7, 11) is 0. The summed E-state index contributed by atoms with van der Waals surface area (Å²) in [4.78, 5) is 34.0. The van der Waals surface area contributed by atoms with Crippen LogP contribution in [0.3, 0.4) is 0 Å². The smallest absolute Gasteiger partial charge is 0.247 e. The van der Waals surface area contributed by atoms with E-state index in [0.717, 1.165) is 43.2 Å². The third-order valence-corrected chi connectivity index (χ3v) is 6.31. The van der Waals surface area contributed by atoms with Crippen molar-refractivity contribution in [3.8, 4) is 11.5 Å². The maximum absolute atomic E-state index is 12.6. The molecule has 32 heavy (non-hydrogen) atoms. The van der Waals surface area contributed by atoms with Crippen molar-refractivity contribution in [2.45, 2.75) is 57.7 Å². The van der Waals surface area contributed by atoms with Gasteiger partial charge in [-0.05, 0) is 67.9 Å². The van der Waals surface area contributed by atoms with Crippen molar-refractivity contribution in [2.75, 3.05) is 11.9 Å². The second-order valence-electron chi connectivity index (χ2n) is 8.54. The summed E-state index contributed by atoms with van der Waals surface area (Å²) in [5.41, 5.74) is 5.86. The Hall–Kier alpha value is -2.97. The van der Waals surface area contributed by atoms with E-state index in [-0.39, 0.29) is 24.0 Å². The lowest BCUT2D eigenvalue weighted by molar-refractivity contribution is -0.202. The van der Waals surface area contributed by atoms with Gasteiger partial charge < -0.3 is 14.8 Å². The van der Waals surface area contributed by atoms with Crippen molar-refractivity contribution < 1.29 is 23.9 Å². The van der Waals surface area contributed by atoms with Gasteiger partial charge in [0.2, 0.25) is 11.8 Å². The highest BCUT2D eigenvalue weighted by atomic mass is 16.8. The highest BCUT2D eigenvalue weighted by molar-refractivity contribution is 5.93. The quantitative estimate of drug-likeness (QED) is 0.696. The number of carbonyl (C=O) groups excluding carboxylic acids is 2. The molecule has 5 rings (SSSR count). The summed E-state index contributed by atoms with van der Waals surface area (Å²) in [6.45, 7) is 0.674. The van der Waals surface area contributed by atoms with Gasteiger partial charge in [0.1, 0.15) is 17.3 Å². The molecule has 2 amide bonds. The molecule has 1 aliphatic carbocycles. The fourth-order valence-corrected chi connectivity index (χ4v) is 4.51. The fourth-order valence-electron chi connectivity index (χ4n) is 4.51. The largest absolute Gasteiger partial charge is 0.457 e. The zero-order valence-corrected chi connectivity index (χ0v) is 17.9. The van der Waals surface area contributed by atoms with Crippen LogP contribution >= 0.6 is 0 Å². The first kappa shape index (κ1) is 20.9. The number of nitrogens with one attached hydrogen (secondary N) is 2. The normalized spacial score (nSPS) is 22.3. The van der Waals surface area contributed by atoms with Gasteiger partial charge in [0.25, 0.3) is 0 Å². The molecule has 168 valence electrons. The summed E-state index contributed by atoms with van der Waals surface area (Å²) < 4.78 is 11.7. The molecule has 0 spiro atoms. The summed E-state index contributed by atoms with van der Waals surface area (Å²) in [6, 6.07) is 7.85. The lowest BCUT2D eigenvalue weighted by Gasteiger charge is -2.26. The van der Waals surface area contributed by atoms with Crippen molar-refractivity contribution in [1.29, 1.82) is 0 Å². The molecule has 1 fully saturated rings. The Balaban J connectivity index is 1.25. The maximum Gasteiger partial charge on any atom is 0.247 e. The number of hydrogen-bond acceptors (Lipinski definition) is 6. The molecule has 2 atom stereocenters. The Bertz CT molecular complexity index is 1020. The molecule has 8 heteroatoms. The molecule has 0 saturated carbocycles. The fraction of sp³-hybridized carbons (Fsp3) is 0.458. The van der Waals surface area contributed by atoms with Gasteiger partial charge in [-0.3, -0.25) is 9.59 Å². The molecule has 2 aliphatic heterocycles. The standard InChI is InChI=1S/C24H27N3O5/c28-21-9-8-19-20(10-11-25-23(19)26-21)31-18-7-6-15-4-5-16(13-17(15)14-18)24(29)27-32-22-3-1-2-12-30-22/h6-7,10-11,14,16,22H,1-5,8-9,12-13H2,(H,27,29)(H,25,26,28)/t16-,22?/m0/s1. The number of carbonyl (C=O) groups is 2. The number of pyridine rings is 1. The summed E-state index contributed by atoms with van der Waals surface area (Å²) in [5, 5.41) is 2.79. The molecule has 0 radical (unpaired) electrons. The van der Waals surface area contributed by atoms with Gasteiger partial charge >= 0.3 is 0 Å². The zero-order chi connectivity index (χ0) is 21.9. The van der Waals surface area contributed by atoms with Crippen LogP contribution in [0.2, 0.25) is 0 Å². The molecule has 2 N–H and O–H groups in total. The number of fused-ring (bicyclic) bond motifs is 2. The SMILES string of the molecule is O=C1CCc2c(Oc3ccc4c(c3)C[C@@H](C(=O)NOC3CCCCO3)CC4)ccnc2N1. The number of hydrogen-bond donors (Lipinski definition) is 2. The monoisotopic (exact) mass is 437 g/mol. The minimum atomic E-state index is -0.348.